The Morgan fingerprint density at radius 3 is 1.61 bits per heavy atom. The van der Waals surface area contributed by atoms with E-state index in [1.807, 2.05) is 19.1 Å². The summed E-state index contributed by atoms with van der Waals surface area (Å²) in [5.41, 5.74) is 21.0. The number of benzene rings is 9. The van der Waals surface area contributed by atoms with Gasteiger partial charge in [-0.25, -0.2) is 0 Å². The maximum absolute atomic E-state index is 5.77. The first-order valence-electron chi connectivity index (χ1n) is 22.0. The van der Waals surface area contributed by atoms with Gasteiger partial charge in [0.1, 0.15) is 0 Å². The van der Waals surface area contributed by atoms with E-state index in [1.165, 1.54) is 77.4 Å². The van der Waals surface area contributed by atoms with Crippen LogP contribution in [0.2, 0.25) is 0 Å². The zero-order valence-electron chi connectivity index (χ0n) is 35.4. The Bertz CT molecular complexity index is 3460. The Balaban J connectivity index is 1.09. The highest BCUT2D eigenvalue weighted by atomic mass is 15.1. The molecule has 1 spiro atoms. The second kappa shape index (κ2) is 14.9. The van der Waals surface area contributed by atoms with Crippen molar-refractivity contribution in [3.05, 3.63) is 258 Å². The number of nitrogens with zero attached hydrogens (tertiary/aromatic N) is 2. The summed E-state index contributed by atoms with van der Waals surface area (Å²) in [6, 6.07) is 78.3. The van der Waals surface area contributed by atoms with E-state index in [0.29, 0.717) is 0 Å². The van der Waals surface area contributed by atoms with Crippen molar-refractivity contribution in [1.82, 2.24) is 4.57 Å². The summed E-state index contributed by atoms with van der Waals surface area (Å²) in [5, 5.41) is 2.51. The smallest absolute Gasteiger partial charge is 0.0727 e. The standard InChI is InChI=1S/C62H42N2/c1-3-16-42(17-4-2)44-28-32-46(33-29-44)63(47-34-30-45(31-35-47)43-18-6-5-7-19-43)48-36-38-52-53-39-37-49(64-60-26-14-10-22-54(60)55-23-11-15-27-61(55)64)41-59(53)62(58(52)40-48)56-24-12-8-20-50(56)51-21-9-13-25-57(51)62/h1,4-41H,2H3/b17-4-,42-16+. The zero-order chi connectivity index (χ0) is 42.8. The molecule has 2 heteroatoms. The number of allylic oxidation sites excluding steroid dienone is 4. The maximum Gasteiger partial charge on any atom is 0.0727 e. The molecule has 12 rings (SSSR count). The van der Waals surface area contributed by atoms with E-state index in [1.54, 1.807) is 0 Å². The van der Waals surface area contributed by atoms with Crippen LogP contribution in [-0.4, -0.2) is 4.57 Å². The molecular weight excluding hydrogens is 773 g/mol. The molecule has 300 valence electrons. The molecule has 0 unspecified atom stereocenters. The van der Waals surface area contributed by atoms with Crippen LogP contribution >= 0.6 is 0 Å². The predicted molar refractivity (Wildman–Crippen MR) is 269 cm³/mol. The van der Waals surface area contributed by atoms with Gasteiger partial charge in [-0.3, -0.25) is 0 Å². The Hall–Kier alpha value is -8.38. The van der Waals surface area contributed by atoms with Crippen LogP contribution in [0.25, 0.3) is 66.4 Å². The molecule has 0 bridgehead atoms. The summed E-state index contributed by atoms with van der Waals surface area (Å²) < 4.78 is 2.45. The first-order valence-corrected chi connectivity index (χ1v) is 22.0. The highest BCUT2D eigenvalue weighted by molar-refractivity contribution is 6.09. The number of hydrogen-bond acceptors (Lipinski definition) is 1. The van der Waals surface area contributed by atoms with Gasteiger partial charge in [0.2, 0.25) is 0 Å². The highest BCUT2D eigenvalue weighted by Gasteiger charge is 2.52. The quantitative estimate of drug-likeness (QED) is 0.115. The van der Waals surface area contributed by atoms with Gasteiger partial charge < -0.3 is 9.47 Å². The number of para-hydroxylation sites is 2. The minimum atomic E-state index is -0.559. The number of rotatable bonds is 7. The predicted octanol–water partition coefficient (Wildman–Crippen LogP) is 15.9. The van der Waals surface area contributed by atoms with Gasteiger partial charge in [0, 0.05) is 33.5 Å². The lowest BCUT2D eigenvalue weighted by Crippen LogP contribution is -2.26. The minimum Gasteiger partial charge on any atom is -0.310 e. The van der Waals surface area contributed by atoms with Gasteiger partial charge in [-0.1, -0.05) is 170 Å². The van der Waals surface area contributed by atoms with Crippen LogP contribution in [0.1, 0.15) is 34.7 Å². The van der Waals surface area contributed by atoms with Crippen molar-refractivity contribution in [1.29, 1.82) is 0 Å². The van der Waals surface area contributed by atoms with Gasteiger partial charge in [0.05, 0.1) is 16.4 Å². The first-order chi connectivity index (χ1) is 31.7. The SMILES string of the molecule is C#C/C=C(\C=C/C)c1ccc(N(c2ccc(-c3ccccc3)cc2)c2ccc3c(c2)C2(c4ccccc4-c4ccccc42)c2cc(-n4c5ccccc5c5ccccc54)ccc2-3)cc1. The molecule has 2 aliphatic carbocycles. The third-order valence-electron chi connectivity index (χ3n) is 13.4. The monoisotopic (exact) mass is 814 g/mol. The third kappa shape index (κ3) is 5.55. The Morgan fingerprint density at radius 1 is 0.484 bits per heavy atom. The van der Waals surface area contributed by atoms with E-state index < -0.39 is 5.41 Å². The van der Waals surface area contributed by atoms with Crippen molar-refractivity contribution in [3.8, 4) is 51.4 Å². The van der Waals surface area contributed by atoms with Crippen molar-refractivity contribution in [2.75, 3.05) is 4.90 Å². The summed E-state index contributed by atoms with van der Waals surface area (Å²) >= 11 is 0. The van der Waals surface area contributed by atoms with E-state index in [0.717, 1.165) is 33.9 Å². The fourth-order valence-electron chi connectivity index (χ4n) is 10.8. The summed E-state index contributed by atoms with van der Waals surface area (Å²) in [6.07, 6.45) is 11.7. The van der Waals surface area contributed by atoms with E-state index in [4.69, 9.17) is 6.42 Å². The van der Waals surface area contributed by atoms with Crippen LogP contribution in [0.5, 0.6) is 0 Å². The molecule has 1 heterocycles. The molecule has 9 aromatic carbocycles. The van der Waals surface area contributed by atoms with Crippen LogP contribution in [0.4, 0.5) is 17.1 Å². The highest BCUT2D eigenvalue weighted by Crippen LogP contribution is 2.63. The summed E-state index contributed by atoms with van der Waals surface area (Å²) in [4.78, 5) is 2.39. The van der Waals surface area contributed by atoms with E-state index in [9.17, 15) is 0 Å². The Morgan fingerprint density at radius 2 is 0.984 bits per heavy atom. The molecule has 64 heavy (non-hydrogen) atoms. The van der Waals surface area contributed by atoms with Crippen molar-refractivity contribution >= 4 is 44.4 Å². The fourth-order valence-corrected chi connectivity index (χ4v) is 10.8. The molecule has 2 nitrogen and oxygen atoms in total. The molecule has 0 aliphatic heterocycles. The molecule has 2 aliphatic rings. The molecule has 1 aromatic heterocycles. The van der Waals surface area contributed by atoms with Crippen molar-refractivity contribution < 1.29 is 0 Å². The van der Waals surface area contributed by atoms with Gasteiger partial charge >= 0.3 is 0 Å². The molecule has 0 saturated carbocycles. The lowest BCUT2D eigenvalue weighted by atomic mass is 9.70. The lowest BCUT2D eigenvalue weighted by molar-refractivity contribution is 0.792. The molecule has 0 N–H and O–H groups in total. The zero-order valence-corrected chi connectivity index (χ0v) is 35.4. The molecular formula is C62H42N2. The van der Waals surface area contributed by atoms with E-state index in [2.05, 4.69) is 234 Å². The van der Waals surface area contributed by atoms with Gasteiger partial charge in [0.15, 0.2) is 0 Å². The molecule has 10 aromatic rings. The molecule has 0 fully saturated rings. The molecule has 0 amide bonds. The number of anilines is 3. The van der Waals surface area contributed by atoms with Gasteiger partial charge in [-0.15, -0.1) is 6.42 Å². The number of terminal acetylenes is 1. The molecule has 0 atom stereocenters. The summed E-state index contributed by atoms with van der Waals surface area (Å²) in [6.45, 7) is 2.02. The Kier molecular flexibility index (Phi) is 8.71. The summed E-state index contributed by atoms with van der Waals surface area (Å²) in [5.74, 6) is 2.73. The van der Waals surface area contributed by atoms with Crippen molar-refractivity contribution in [2.45, 2.75) is 12.3 Å². The van der Waals surface area contributed by atoms with Crippen LogP contribution in [0.3, 0.4) is 0 Å². The average molecular weight is 815 g/mol. The van der Waals surface area contributed by atoms with Crippen LogP contribution in [0, 0.1) is 12.3 Å². The topological polar surface area (TPSA) is 8.17 Å². The van der Waals surface area contributed by atoms with Crippen LogP contribution in [-0.2, 0) is 5.41 Å². The Labute approximate surface area is 374 Å². The van der Waals surface area contributed by atoms with E-state index in [-0.39, 0.29) is 0 Å². The van der Waals surface area contributed by atoms with Gasteiger partial charge in [0.25, 0.3) is 0 Å². The number of hydrogen-bond donors (Lipinski definition) is 0. The number of aromatic nitrogens is 1. The van der Waals surface area contributed by atoms with Gasteiger partial charge in [-0.05, 0) is 140 Å². The van der Waals surface area contributed by atoms with Crippen molar-refractivity contribution in [3.63, 3.8) is 0 Å². The van der Waals surface area contributed by atoms with Crippen molar-refractivity contribution in [2.24, 2.45) is 0 Å². The largest absolute Gasteiger partial charge is 0.310 e. The molecule has 0 saturated heterocycles. The third-order valence-corrected chi connectivity index (χ3v) is 13.4. The second-order valence-corrected chi connectivity index (χ2v) is 16.7. The minimum absolute atomic E-state index is 0.559. The fraction of sp³-hybridized carbons (Fsp3) is 0.0323. The average Bonchev–Trinajstić information content (AvgIpc) is 3.96. The normalized spacial score (nSPS) is 13.2. The van der Waals surface area contributed by atoms with E-state index >= 15 is 0 Å². The van der Waals surface area contributed by atoms with Gasteiger partial charge in [-0.2, -0.15) is 0 Å². The maximum atomic E-state index is 5.77. The summed E-state index contributed by atoms with van der Waals surface area (Å²) in [7, 11) is 0. The first kappa shape index (κ1) is 37.4. The number of fused-ring (bicyclic) bond motifs is 13. The molecule has 0 radical (unpaired) electrons. The second-order valence-electron chi connectivity index (χ2n) is 16.7. The van der Waals surface area contributed by atoms with Crippen LogP contribution < -0.4 is 4.90 Å². The van der Waals surface area contributed by atoms with Crippen LogP contribution in [0.15, 0.2) is 231 Å². The lowest BCUT2D eigenvalue weighted by Gasteiger charge is -2.32.